The average molecular weight is 444 g/mol. The van der Waals surface area contributed by atoms with Crippen LogP contribution in [0.25, 0.3) is 0 Å². The van der Waals surface area contributed by atoms with Crippen LogP contribution in [0, 0.1) is 5.21 Å². The summed E-state index contributed by atoms with van der Waals surface area (Å²) in [5, 5.41) is 30.4. The second-order valence-corrected chi connectivity index (χ2v) is 8.84. The molecular weight excluding hydrogens is 392 g/mol. The van der Waals surface area contributed by atoms with Crippen molar-refractivity contribution in [1.29, 1.82) is 0 Å². The van der Waals surface area contributed by atoms with Crippen molar-refractivity contribution in [3.8, 4) is 0 Å². The molecule has 186 valence electrons. The highest BCUT2D eigenvalue weighted by molar-refractivity contribution is 5.76. The van der Waals surface area contributed by atoms with Gasteiger partial charge in [0.15, 0.2) is 0 Å². The van der Waals surface area contributed by atoms with Crippen molar-refractivity contribution in [3.63, 3.8) is 0 Å². The van der Waals surface area contributed by atoms with Crippen LogP contribution in [0.4, 0.5) is 0 Å². The minimum absolute atomic E-state index is 0.0270. The van der Waals surface area contributed by atoms with Crippen LogP contribution in [0.15, 0.2) is 0 Å². The molecule has 0 aliphatic heterocycles. The van der Waals surface area contributed by atoms with E-state index in [1.165, 1.54) is 77.0 Å². The van der Waals surface area contributed by atoms with Crippen LogP contribution in [0.2, 0.25) is 0 Å². The topological polar surface area (TPSA) is 87.1 Å². The molecule has 0 rings (SSSR count). The van der Waals surface area contributed by atoms with Gasteiger partial charge in [0.05, 0.1) is 13.2 Å². The largest absolute Gasteiger partial charge is 0.756 e. The van der Waals surface area contributed by atoms with E-state index in [2.05, 4.69) is 6.92 Å². The SMILES string of the molecule is CCCCCCCCCCCCCCCCCC(=O)N([O-])CCCN(CCO)CCO. The minimum Gasteiger partial charge on any atom is -0.756 e. The van der Waals surface area contributed by atoms with Crippen LogP contribution in [-0.2, 0) is 4.79 Å². The lowest BCUT2D eigenvalue weighted by molar-refractivity contribution is -0.128. The van der Waals surface area contributed by atoms with E-state index >= 15 is 0 Å². The van der Waals surface area contributed by atoms with E-state index in [4.69, 9.17) is 10.2 Å². The van der Waals surface area contributed by atoms with E-state index in [0.717, 1.165) is 19.3 Å². The molecule has 0 heterocycles. The maximum atomic E-state index is 11.9. The summed E-state index contributed by atoms with van der Waals surface area (Å²) in [5.74, 6) is -0.314. The molecule has 0 radical (unpaired) electrons. The van der Waals surface area contributed by atoms with Gasteiger partial charge in [-0.25, -0.2) is 0 Å². The third-order valence-electron chi connectivity index (χ3n) is 5.94. The molecular formula is C25H51N2O4-. The van der Waals surface area contributed by atoms with Gasteiger partial charge < -0.3 is 20.5 Å². The zero-order valence-corrected chi connectivity index (χ0v) is 20.4. The van der Waals surface area contributed by atoms with Crippen molar-refractivity contribution >= 4 is 5.91 Å². The van der Waals surface area contributed by atoms with E-state index in [1.807, 2.05) is 4.90 Å². The third kappa shape index (κ3) is 20.9. The molecule has 0 aliphatic carbocycles. The maximum Gasteiger partial charge on any atom is 0.212 e. The first-order chi connectivity index (χ1) is 15.2. The highest BCUT2D eigenvalue weighted by atomic mass is 16.5. The second-order valence-electron chi connectivity index (χ2n) is 8.84. The van der Waals surface area contributed by atoms with E-state index in [9.17, 15) is 10.0 Å². The Morgan fingerprint density at radius 1 is 0.613 bits per heavy atom. The molecule has 0 aliphatic rings. The predicted octanol–water partition coefficient (Wildman–Crippen LogP) is 5.25. The summed E-state index contributed by atoms with van der Waals surface area (Å²) in [4.78, 5) is 13.8. The van der Waals surface area contributed by atoms with Gasteiger partial charge in [-0.2, -0.15) is 0 Å². The molecule has 6 nitrogen and oxygen atoms in total. The van der Waals surface area contributed by atoms with Crippen molar-refractivity contribution in [2.24, 2.45) is 0 Å². The van der Waals surface area contributed by atoms with Crippen LogP contribution in [0.5, 0.6) is 0 Å². The first-order valence-corrected chi connectivity index (χ1v) is 13.1. The molecule has 31 heavy (non-hydrogen) atoms. The van der Waals surface area contributed by atoms with Gasteiger partial charge in [-0.05, 0) is 19.4 Å². The number of carbonyl (C=O) groups excluding carboxylic acids is 1. The van der Waals surface area contributed by atoms with Gasteiger partial charge in [0.1, 0.15) is 0 Å². The molecule has 2 N–H and O–H groups in total. The Bertz CT molecular complexity index is 377. The fraction of sp³-hybridized carbons (Fsp3) is 0.960. The minimum atomic E-state index is -0.314. The van der Waals surface area contributed by atoms with Gasteiger partial charge in [0.25, 0.3) is 0 Å². The Balaban J connectivity index is 3.43. The summed E-state index contributed by atoms with van der Waals surface area (Å²) in [6.45, 7) is 4.06. The quantitative estimate of drug-likeness (QED) is 0.157. The Morgan fingerprint density at radius 2 is 1.03 bits per heavy atom. The second kappa shape index (κ2) is 24.0. The zero-order chi connectivity index (χ0) is 23.0. The van der Waals surface area contributed by atoms with Crippen molar-refractivity contribution in [3.05, 3.63) is 5.21 Å². The molecule has 0 fully saturated rings. The third-order valence-corrected chi connectivity index (χ3v) is 5.94. The number of unbranched alkanes of at least 4 members (excludes halogenated alkanes) is 14. The van der Waals surface area contributed by atoms with Gasteiger partial charge in [-0.1, -0.05) is 96.8 Å². The Kier molecular flexibility index (Phi) is 23.4. The molecule has 1 amide bonds. The van der Waals surface area contributed by atoms with Crippen molar-refractivity contribution in [1.82, 2.24) is 9.96 Å². The molecule has 0 atom stereocenters. The summed E-state index contributed by atoms with van der Waals surface area (Å²) in [6.07, 6.45) is 20.2. The Labute approximate surface area is 192 Å². The summed E-state index contributed by atoms with van der Waals surface area (Å²) < 4.78 is 0. The first-order valence-electron chi connectivity index (χ1n) is 13.1. The smallest absolute Gasteiger partial charge is 0.212 e. The van der Waals surface area contributed by atoms with Crippen molar-refractivity contribution in [2.75, 3.05) is 39.4 Å². The summed E-state index contributed by atoms with van der Waals surface area (Å²) in [6, 6.07) is 0. The van der Waals surface area contributed by atoms with Gasteiger partial charge >= 0.3 is 0 Å². The Hall–Kier alpha value is -0.690. The summed E-state index contributed by atoms with van der Waals surface area (Å²) >= 11 is 0. The predicted molar refractivity (Wildman–Crippen MR) is 130 cm³/mol. The van der Waals surface area contributed by atoms with Gasteiger partial charge in [-0.3, -0.25) is 9.69 Å². The lowest BCUT2D eigenvalue weighted by atomic mass is 10.0. The summed E-state index contributed by atoms with van der Waals surface area (Å²) in [5.41, 5.74) is 0. The van der Waals surface area contributed by atoms with E-state index < -0.39 is 0 Å². The fourth-order valence-electron chi connectivity index (χ4n) is 3.95. The van der Waals surface area contributed by atoms with Crippen LogP contribution in [0.3, 0.4) is 0 Å². The Morgan fingerprint density at radius 3 is 1.45 bits per heavy atom. The molecule has 0 saturated heterocycles. The number of amides is 1. The molecule has 0 bridgehead atoms. The van der Waals surface area contributed by atoms with Crippen LogP contribution in [-0.4, -0.2) is 65.5 Å². The van der Waals surface area contributed by atoms with Crippen molar-refractivity contribution < 1.29 is 15.0 Å². The number of hydroxylamine groups is 2. The number of nitrogens with zero attached hydrogens (tertiary/aromatic N) is 2. The molecule has 6 heteroatoms. The highest BCUT2D eigenvalue weighted by Crippen LogP contribution is 2.14. The van der Waals surface area contributed by atoms with Crippen molar-refractivity contribution in [2.45, 2.75) is 116 Å². The number of aliphatic hydroxyl groups excluding tert-OH is 2. The number of hydrogen-bond acceptors (Lipinski definition) is 5. The van der Waals surface area contributed by atoms with Crippen LogP contribution < -0.4 is 0 Å². The summed E-state index contributed by atoms with van der Waals surface area (Å²) in [7, 11) is 0. The number of hydrogen-bond donors (Lipinski definition) is 2. The van der Waals surface area contributed by atoms with Gasteiger partial charge in [-0.15, -0.1) is 0 Å². The molecule has 0 unspecified atom stereocenters. The van der Waals surface area contributed by atoms with E-state index in [1.54, 1.807) is 0 Å². The average Bonchev–Trinajstić information content (AvgIpc) is 2.76. The lowest BCUT2D eigenvalue weighted by Crippen LogP contribution is -2.33. The lowest BCUT2D eigenvalue weighted by Gasteiger charge is -2.29. The molecule has 0 aromatic rings. The maximum absolute atomic E-state index is 11.9. The normalized spacial score (nSPS) is 11.4. The van der Waals surface area contributed by atoms with Gasteiger partial charge in [0, 0.05) is 26.1 Å². The number of carbonyl (C=O) groups is 1. The fourth-order valence-corrected chi connectivity index (χ4v) is 3.95. The van der Waals surface area contributed by atoms with Crippen LogP contribution >= 0.6 is 0 Å². The zero-order valence-electron chi connectivity index (χ0n) is 20.4. The van der Waals surface area contributed by atoms with E-state index in [-0.39, 0.29) is 25.7 Å². The highest BCUT2D eigenvalue weighted by Gasteiger charge is 2.07. The molecule has 0 aromatic heterocycles. The molecule has 0 spiro atoms. The van der Waals surface area contributed by atoms with E-state index in [0.29, 0.717) is 37.5 Å². The molecule has 0 aromatic carbocycles. The van der Waals surface area contributed by atoms with Crippen LogP contribution in [0.1, 0.15) is 116 Å². The van der Waals surface area contributed by atoms with Gasteiger partial charge in [0.2, 0.25) is 5.91 Å². The number of aliphatic hydroxyl groups is 2. The standard InChI is InChI=1S/C25H51N2O4/c1-2-3-4-5-6-7-8-9-10-11-12-13-14-15-16-18-25(30)27(31)20-17-19-26(21-23-28)22-24-29/h28-29H,2-24H2,1H3/q-1. The first kappa shape index (κ1) is 30.3. The monoisotopic (exact) mass is 443 g/mol. The molecule has 0 saturated carbocycles. The number of rotatable bonds is 24.